The van der Waals surface area contributed by atoms with Gasteiger partial charge in [-0.2, -0.15) is 0 Å². The van der Waals surface area contributed by atoms with E-state index in [0.29, 0.717) is 36.3 Å². The van der Waals surface area contributed by atoms with Crippen molar-refractivity contribution in [2.75, 3.05) is 20.3 Å². The zero-order valence-corrected chi connectivity index (χ0v) is 18.2. The summed E-state index contributed by atoms with van der Waals surface area (Å²) in [5.74, 6) is 2.64. The number of rotatable bonds is 7. The monoisotopic (exact) mass is 441 g/mol. The molecule has 4 rings (SSSR count). The van der Waals surface area contributed by atoms with Gasteiger partial charge in [-0.3, -0.25) is 0 Å². The largest absolute Gasteiger partial charge is 0.496 e. The number of halogens is 1. The third kappa shape index (κ3) is 4.56. The summed E-state index contributed by atoms with van der Waals surface area (Å²) >= 11 is 6.38. The molecule has 1 heterocycles. The van der Waals surface area contributed by atoms with E-state index < -0.39 is 0 Å². The molecule has 0 aliphatic carbocycles. The van der Waals surface area contributed by atoms with Gasteiger partial charge in [-0.1, -0.05) is 35.9 Å². The first kappa shape index (κ1) is 21.3. The van der Waals surface area contributed by atoms with E-state index in [4.69, 9.17) is 35.8 Å². The topological polar surface area (TPSA) is 69.2 Å². The predicted octanol–water partition coefficient (Wildman–Crippen LogP) is 5.15. The summed E-state index contributed by atoms with van der Waals surface area (Å²) in [7, 11) is 1.56. The first-order valence-electron chi connectivity index (χ1n) is 9.95. The quantitative estimate of drug-likeness (QED) is 0.494. The molecule has 6 nitrogen and oxygen atoms in total. The van der Waals surface area contributed by atoms with Crippen molar-refractivity contribution in [2.24, 2.45) is 0 Å². The first-order chi connectivity index (χ1) is 15.1. The van der Waals surface area contributed by atoms with Gasteiger partial charge >= 0.3 is 0 Å². The molecule has 0 saturated heterocycles. The minimum Gasteiger partial charge on any atom is -0.496 e. The summed E-state index contributed by atoms with van der Waals surface area (Å²) in [5, 5.41) is 9.42. The molecule has 0 saturated carbocycles. The Kier molecular flexibility index (Phi) is 6.51. The maximum Gasteiger partial charge on any atom is 0.161 e. The average Bonchev–Trinajstić information content (AvgIpc) is 2.79. The third-order valence-corrected chi connectivity index (χ3v) is 5.58. The van der Waals surface area contributed by atoms with Gasteiger partial charge in [0, 0.05) is 18.2 Å². The van der Waals surface area contributed by atoms with Crippen LogP contribution in [0, 0.1) is 6.92 Å². The van der Waals surface area contributed by atoms with E-state index in [1.807, 2.05) is 30.3 Å². The number of methoxy groups -OCH3 is 1. The van der Waals surface area contributed by atoms with Crippen LogP contribution in [0.2, 0.25) is 5.02 Å². The smallest absolute Gasteiger partial charge is 0.161 e. The minimum absolute atomic E-state index is 0.222. The van der Waals surface area contributed by atoms with Gasteiger partial charge in [0.1, 0.15) is 31.3 Å². The Morgan fingerprint density at radius 2 is 1.81 bits per heavy atom. The number of nitrogens with one attached hydrogen (secondary N) is 1. The molecule has 31 heavy (non-hydrogen) atoms. The fraction of sp³-hybridized carbons (Fsp3) is 0.250. The zero-order chi connectivity index (χ0) is 21.8. The average molecular weight is 442 g/mol. The molecule has 0 bridgehead atoms. The second-order valence-electron chi connectivity index (χ2n) is 7.17. The summed E-state index contributed by atoms with van der Waals surface area (Å²) in [6.07, 6.45) is 0. The van der Waals surface area contributed by atoms with Crippen LogP contribution in [0.25, 0.3) is 11.1 Å². The number of hydroxylamine groups is 1. The fourth-order valence-electron chi connectivity index (χ4n) is 3.62. The normalized spacial score (nSPS) is 12.5. The Bertz CT molecular complexity index is 1090. The molecule has 0 fully saturated rings. The SMILES string of the molecule is COc1cc(OCc2cccc(-c3ccc4c(c3)OCCO4)c2C)c(Cl)cc1CNO. The highest BCUT2D eigenvalue weighted by atomic mass is 35.5. The van der Waals surface area contributed by atoms with Crippen LogP contribution in [-0.4, -0.2) is 25.5 Å². The van der Waals surface area contributed by atoms with E-state index in [2.05, 4.69) is 18.5 Å². The van der Waals surface area contributed by atoms with Gasteiger partial charge in [-0.25, -0.2) is 5.48 Å². The lowest BCUT2D eigenvalue weighted by Gasteiger charge is -2.20. The lowest BCUT2D eigenvalue weighted by molar-refractivity contribution is 0.160. The Hall–Kier alpha value is -2.93. The van der Waals surface area contributed by atoms with Crippen LogP contribution in [-0.2, 0) is 13.2 Å². The van der Waals surface area contributed by atoms with E-state index in [0.717, 1.165) is 39.3 Å². The maximum absolute atomic E-state index is 8.97. The second-order valence-corrected chi connectivity index (χ2v) is 7.57. The van der Waals surface area contributed by atoms with E-state index in [-0.39, 0.29) is 6.54 Å². The lowest BCUT2D eigenvalue weighted by Crippen LogP contribution is -2.15. The maximum atomic E-state index is 8.97. The Morgan fingerprint density at radius 3 is 2.58 bits per heavy atom. The molecule has 3 aromatic carbocycles. The van der Waals surface area contributed by atoms with Crippen molar-refractivity contribution < 1.29 is 24.2 Å². The summed E-state index contributed by atoms with van der Waals surface area (Å²) in [5.41, 5.74) is 7.17. The second kappa shape index (κ2) is 9.47. The van der Waals surface area contributed by atoms with Crippen molar-refractivity contribution in [3.05, 3.63) is 70.2 Å². The van der Waals surface area contributed by atoms with Gasteiger partial charge in [-0.05, 0) is 47.4 Å². The van der Waals surface area contributed by atoms with Crippen LogP contribution in [0.3, 0.4) is 0 Å². The predicted molar refractivity (Wildman–Crippen MR) is 119 cm³/mol. The van der Waals surface area contributed by atoms with E-state index in [1.165, 1.54) is 0 Å². The highest BCUT2D eigenvalue weighted by molar-refractivity contribution is 6.32. The number of fused-ring (bicyclic) bond motifs is 1. The van der Waals surface area contributed by atoms with E-state index >= 15 is 0 Å². The molecule has 0 aromatic heterocycles. The highest BCUT2D eigenvalue weighted by Crippen LogP contribution is 2.37. The van der Waals surface area contributed by atoms with Crippen LogP contribution in [0.4, 0.5) is 0 Å². The third-order valence-electron chi connectivity index (χ3n) is 5.29. The number of hydrogen-bond acceptors (Lipinski definition) is 6. The van der Waals surface area contributed by atoms with Crippen LogP contribution in [0.15, 0.2) is 48.5 Å². The Labute approximate surface area is 186 Å². The molecule has 3 aromatic rings. The molecule has 0 amide bonds. The molecular weight excluding hydrogens is 418 g/mol. The van der Waals surface area contributed by atoms with Crippen molar-refractivity contribution in [3.8, 4) is 34.1 Å². The molecule has 162 valence electrons. The van der Waals surface area contributed by atoms with Crippen molar-refractivity contribution in [3.63, 3.8) is 0 Å². The number of benzene rings is 3. The highest BCUT2D eigenvalue weighted by Gasteiger charge is 2.15. The van der Waals surface area contributed by atoms with E-state index in [9.17, 15) is 0 Å². The molecule has 2 N–H and O–H groups in total. The van der Waals surface area contributed by atoms with Gasteiger partial charge in [0.05, 0.1) is 12.1 Å². The lowest BCUT2D eigenvalue weighted by atomic mass is 9.96. The number of hydrogen-bond donors (Lipinski definition) is 2. The van der Waals surface area contributed by atoms with Gasteiger partial charge in [0.2, 0.25) is 0 Å². The van der Waals surface area contributed by atoms with Crippen molar-refractivity contribution in [1.29, 1.82) is 0 Å². The Balaban J connectivity index is 1.57. The van der Waals surface area contributed by atoms with Crippen LogP contribution in [0.1, 0.15) is 16.7 Å². The fourth-order valence-corrected chi connectivity index (χ4v) is 3.86. The molecule has 1 aliphatic heterocycles. The van der Waals surface area contributed by atoms with Gasteiger partial charge in [-0.15, -0.1) is 0 Å². The van der Waals surface area contributed by atoms with Gasteiger partial charge < -0.3 is 24.2 Å². The first-order valence-corrected chi connectivity index (χ1v) is 10.3. The van der Waals surface area contributed by atoms with Crippen molar-refractivity contribution in [1.82, 2.24) is 5.48 Å². The van der Waals surface area contributed by atoms with Crippen molar-refractivity contribution >= 4 is 11.6 Å². The van der Waals surface area contributed by atoms with E-state index in [1.54, 1.807) is 19.2 Å². The molecule has 0 radical (unpaired) electrons. The molecular formula is C24H24ClNO5. The molecule has 0 atom stereocenters. The summed E-state index contributed by atoms with van der Waals surface area (Å²) < 4.78 is 22.8. The van der Waals surface area contributed by atoms with Crippen LogP contribution in [0.5, 0.6) is 23.0 Å². The summed E-state index contributed by atoms with van der Waals surface area (Å²) in [6, 6.07) is 15.6. The van der Waals surface area contributed by atoms with Crippen LogP contribution < -0.4 is 24.4 Å². The standard InChI is InChI=1S/C24H24ClNO5/c1-15-17(14-31-23-12-22(28-2)18(13-26-27)10-20(23)25)4-3-5-19(15)16-6-7-21-24(11-16)30-9-8-29-21/h3-7,10-12,26-27H,8-9,13-14H2,1-2H3. The van der Waals surface area contributed by atoms with Crippen molar-refractivity contribution in [2.45, 2.75) is 20.1 Å². The molecule has 7 heteroatoms. The Morgan fingerprint density at radius 1 is 1.00 bits per heavy atom. The summed E-state index contributed by atoms with van der Waals surface area (Å²) in [4.78, 5) is 0. The van der Waals surface area contributed by atoms with Crippen LogP contribution >= 0.6 is 11.6 Å². The molecule has 0 unspecified atom stereocenters. The summed E-state index contributed by atoms with van der Waals surface area (Å²) in [6.45, 7) is 3.78. The number of ether oxygens (including phenoxy) is 4. The minimum atomic E-state index is 0.222. The van der Waals surface area contributed by atoms with Gasteiger partial charge in [0.15, 0.2) is 11.5 Å². The van der Waals surface area contributed by atoms with Gasteiger partial charge in [0.25, 0.3) is 0 Å². The molecule has 0 spiro atoms. The molecule has 1 aliphatic rings. The zero-order valence-electron chi connectivity index (χ0n) is 17.4.